The van der Waals surface area contributed by atoms with Crippen LogP contribution in [0.25, 0.3) is 0 Å². The molecule has 0 bridgehead atoms. The standard InChI is InChI=1S/C8H16N2O/c1-6-7(11)9-8(2,3)10(4)5/h6H,1H2,2-5H3,(H,9,11). The Hall–Kier alpha value is -0.830. The van der Waals surface area contributed by atoms with E-state index in [2.05, 4.69) is 11.9 Å². The number of amides is 1. The van der Waals surface area contributed by atoms with E-state index in [9.17, 15) is 4.79 Å². The van der Waals surface area contributed by atoms with E-state index in [0.29, 0.717) is 0 Å². The third-order valence-corrected chi connectivity index (χ3v) is 1.73. The number of nitrogens with one attached hydrogen (secondary N) is 1. The van der Waals surface area contributed by atoms with Crippen LogP contribution in [-0.2, 0) is 4.79 Å². The molecule has 1 N–H and O–H groups in total. The molecule has 1 amide bonds. The van der Waals surface area contributed by atoms with Crippen LogP contribution in [0, 0.1) is 0 Å². The van der Waals surface area contributed by atoms with Crippen LogP contribution in [-0.4, -0.2) is 30.6 Å². The van der Waals surface area contributed by atoms with Crippen LogP contribution in [0.15, 0.2) is 12.7 Å². The first-order valence-corrected chi connectivity index (χ1v) is 3.52. The van der Waals surface area contributed by atoms with Crippen LogP contribution in [0.2, 0.25) is 0 Å². The van der Waals surface area contributed by atoms with Gasteiger partial charge < -0.3 is 5.32 Å². The Bertz CT molecular complexity index is 161. The fraction of sp³-hybridized carbons (Fsp3) is 0.625. The van der Waals surface area contributed by atoms with E-state index in [1.165, 1.54) is 6.08 Å². The second-order valence-corrected chi connectivity index (χ2v) is 3.15. The highest BCUT2D eigenvalue weighted by Gasteiger charge is 2.20. The molecule has 64 valence electrons. The molecule has 0 aromatic carbocycles. The first-order valence-electron chi connectivity index (χ1n) is 3.52. The van der Waals surface area contributed by atoms with E-state index in [-0.39, 0.29) is 11.6 Å². The fourth-order valence-electron chi connectivity index (χ4n) is 0.464. The summed E-state index contributed by atoms with van der Waals surface area (Å²) in [6.45, 7) is 7.22. The van der Waals surface area contributed by atoms with Crippen molar-refractivity contribution < 1.29 is 4.79 Å². The Morgan fingerprint density at radius 2 is 2.00 bits per heavy atom. The topological polar surface area (TPSA) is 32.3 Å². The zero-order chi connectivity index (χ0) is 9.07. The molecule has 0 saturated heterocycles. The lowest BCUT2D eigenvalue weighted by atomic mass is 10.2. The predicted octanol–water partition coefficient (Wildman–Crippen LogP) is 0.586. The molecule has 0 fully saturated rings. The monoisotopic (exact) mass is 156 g/mol. The molecule has 0 aliphatic carbocycles. The lowest BCUT2D eigenvalue weighted by Crippen LogP contribution is -2.52. The highest BCUT2D eigenvalue weighted by Crippen LogP contribution is 2.03. The third-order valence-electron chi connectivity index (χ3n) is 1.73. The van der Waals surface area contributed by atoms with Gasteiger partial charge in [0.15, 0.2) is 0 Å². The average molecular weight is 156 g/mol. The SMILES string of the molecule is C=CC(=O)NC(C)(C)N(C)C. The molecule has 3 heteroatoms. The minimum atomic E-state index is -0.314. The summed E-state index contributed by atoms with van der Waals surface area (Å²) in [5, 5.41) is 2.77. The molecule has 0 aliphatic rings. The second-order valence-electron chi connectivity index (χ2n) is 3.15. The van der Waals surface area contributed by atoms with E-state index in [1.54, 1.807) is 0 Å². The number of hydrogen-bond acceptors (Lipinski definition) is 2. The lowest BCUT2D eigenvalue weighted by Gasteiger charge is -2.32. The normalized spacial score (nSPS) is 11.4. The van der Waals surface area contributed by atoms with E-state index in [1.807, 2.05) is 32.8 Å². The first-order chi connectivity index (χ1) is 4.90. The van der Waals surface area contributed by atoms with Gasteiger partial charge in [-0.2, -0.15) is 0 Å². The predicted molar refractivity (Wildman–Crippen MR) is 46.1 cm³/mol. The largest absolute Gasteiger partial charge is 0.335 e. The summed E-state index contributed by atoms with van der Waals surface area (Å²) in [4.78, 5) is 12.8. The zero-order valence-corrected chi connectivity index (χ0v) is 7.64. The molecule has 0 aromatic heterocycles. The molecule has 0 saturated carbocycles. The molecule has 0 atom stereocenters. The van der Waals surface area contributed by atoms with Gasteiger partial charge in [-0.25, -0.2) is 0 Å². The van der Waals surface area contributed by atoms with Gasteiger partial charge in [-0.15, -0.1) is 0 Å². The molecular formula is C8H16N2O. The molecule has 0 aliphatic heterocycles. The van der Waals surface area contributed by atoms with Crippen molar-refractivity contribution in [3.8, 4) is 0 Å². The van der Waals surface area contributed by atoms with E-state index < -0.39 is 0 Å². The minimum absolute atomic E-state index is 0.149. The van der Waals surface area contributed by atoms with Crippen molar-refractivity contribution >= 4 is 5.91 Å². The van der Waals surface area contributed by atoms with Crippen molar-refractivity contribution in [1.29, 1.82) is 0 Å². The fourth-order valence-corrected chi connectivity index (χ4v) is 0.464. The second kappa shape index (κ2) is 3.53. The molecule has 0 heterocycles. The van der Waals surface area contributed by atoms with Crippen LogP contribution in [0.1, 0.15) is 13.8 Å². The summed E-state index contributed by atoms with van der Waals surface area (Å²) in [5.74, 6) is -0.149. The molecule has 0 aromatic rings. The maximum absolute atomic E-state index is 10.9. The Morgan fingerprint density at radius 3 is 2.27 bits per heavy atom. The van der Waals surface area contributed by atoms with Crippen molar-refractivity contribution in [2.45, 2.75) is 19.5 Å². The summed E-state index contributed by atoms with van der Waals surface area (Å²) >= 11 is 0. The highest BCUT2D eigenvalue weighted by atomic mass is 16.1. The summed E-state index contributed by atoms with van der Waals surface area (Å²) in [6.07, 6.45) is 1.27. The lowest BCUT2D eigenvalue weighted by molar-refractivity contribution is -0.119. The maximum Gasteiger partial charge on any atom is 0.244 e. The van der Waals surface area contributed by atoms with Gasteiger partial charge in [0.2, 0.25) is 5.91 Å². The quantitative estimate of drug-likeness (QED) is 0.479. The van der Waals surface area contributed by atoms with E-state index in [4.69, 9.17) is 0 Å². The van der Waals surface area contributed by atoms with Gasteiger partial charge in [0.1, 0.15) is 0 Å². The Morgan fingerprint density at radius 1 is 1.55 bits per heavy atom. The van der Waals surface area contributed by atoms with Gasteiger partial charge in [0, 0.05) is 0 Å². The number of hydrogen-bond donors (Lipinski definition) is 1. The zero-order valence-electron chi connectivity index (χ0n) is 7.64. The van der Waals surface area contributed by atoms with Gasteiger partial charge in [0.05, 0.1) is 5.66 Å². The van der Waals surface area contributed by atoms with Gasteiger partial charge >= 0.3 is 0 Å². The van der Waals surface area contributed by atoms with Crippen LogP contribution in [0.5, 0.6) is 0 Å². The molecule has 0 rings (SSSR count). The molecule has 0 spiro atoms. The Labute approximate surface area is 68.1 Å². The third kappa shape index (κ3) is 3.18. The van der Waals surface area contributed by atoms with Gasteiger partial charge in [-0.05, 0) is 34.0 Å². The highest BCUT2D eigenvalue weighted by molar-refractivity contribution is 5.87. The van der Waals surface area contributed by atoms with Crippen LogP contribution in [0.4, 0.5) is 0 Å². The molecular weight excluding hydrogens is 140 g/mol. The van der Waals surface area contributed by atoms with Crippen molar-refractivity contribution in [2.75, 3.05) is 14.1 Å². The summed E-state index contributed by atoms with van der Waals surface area (Å²) in [6, 6.07) is 0. The molecule has 11 heavy (non-hydrogen) atoms. The van der Waals surface area contributed by atoms with Crippen molar-refractivity contribution in [3.05, 3.63) is 12.7 Å². The van der Waals surface area contributed by atoms with Crippen LogP contribution >= 0.6 is 0 Å². The van der Waals surface area contributed by atoms with Gasteiger partial charge in [-0.3, -0.25) is 9.69 Å². The smallest absolute Gasteiger partial charge is 0.244 e. The first kappa shape index (κ1) is 10.2. The Balaban J connectivity index is 4.11. The number of carbonyl (C=O) groups is 1. The average Bonchev–Trinajstić information content (AvgIpc) is 1.86. The molecule has 0 radical (unpaired) electrons. The summed E-state index contributed by atoms with van der Waals surface area (Å²) < 4.78 is 0. The van der Waals surface area contributed by atoms with Crippen LogP contribution < -0.4 is 5.32 Å². The molecule has 3 nitrogen and oxygen atoms in total. The van der Waals surface area contributed by atoms with E-state index in [0.717, 1.165) is 0 Å². The van der Waals surface area contributed by atoms with Gasteiger partial charge in [-0.1, -0.05) is 6.58 Å². The molecule has 0 unspecified atom stereocenters. The number of nitrogens with zero attached hydrogens (tertiary/aromatic N) is 1. The summed E-state index contributed by atoms with van der Waals surface area (Å²) in [7, 11) is 3.81. The van der Waals surface area contributed by atoms with Crippen LogP contribution in [0.3, 0.4) is 0 Å². The number of carbonyl (C=O) groups excluding carboxylic acids is 1. The maximum atomic E-state index is 10.9. The minimum Gasteiger partial charge on any atom is -0.335 e. The summed E-state index contributed by atoms with van der Waals surface area (Å²) in [5.41, 5.74) is -0.314. The van der Waals surface area contributed by atoms with Gasteiger partial charge in [0.25, 0.3) is 0 Å². The van der Waals surface area contributed by atoms with E-state index >= 15 is 0 Å². The van der Waals surface area contributed by atoms with Crippen molar-refractivity contribution in [1.82, 2.24) is 10.2 Å². The number of rotatable bonds is 3. The van der Waals surface area contributed by atoms with Crippen molar-refractivity contribution in [3.63, 3.8) is 0 Å². The Kier molecular flexibility index (Phi) is 3.26. The van der Waals surface area contributed by atoms with Crippen molar-refractivity contribution in [2.24, 2.45) is 0 Å².